The van der Waals surface area contributed by atoms with Gasteiger partial charge < -0.3 is 19.5 Å². The third-order valence-corrected chi connectivity index (χ3v) is 4.73. The van der Waals surface area contributed by atoms with E-state index < -0.39 is 0 Å². The molecule has 4 heteroatoms. The lowest BCUT2D eigenvalue weighted by atomic mass is 9.87. The normalized spacial score (nSPS) is 16.9. The van der Waals surface area contributed by atoms with Crippen LogP contribution in [0.1, 0.15) is 39.2 Å². The summed E-state index contributed by atoms with van der Waals surface area (Å²) in [6, 6.07) is 16.4. The number of hydrogen-bond acceptors (Lipinski definition) is 4. The van der Waals surface area contributed by atoms with Crippen LogP contribution in [0.5, 0.6) is 11.5 Å². The van der Waals surface area contributed by atoms with Crippen molar-refractivity contribution in [2.45, 2.75) is 45.1 Å². The Hall–Kier alpha value is -2.20. The summed E-state index contributed by atoms with van der Waals surface area (Å²) in [4.78, 5) is 0. The first kappa shape index (κ1) is 19.6. The van der Waals surface area contributed by atoms with Crippen LogP contribution in [0, 0.1) is 0 Å². The number of benzene rings is 2. The van der Waals surface area contributed by atoms with E-state index in [4.69, 9.17) is 14.2 Å². The molecule has 1 N–H and O–H groups in total. The molecule has 2 aromatic rings. The molecule has 0 radical (unpaired) electrons. The van der Waals surface area contributed by atoms with Gasteiger partial charge in [-0.3, -0.25) is 0 Å². The van der Waals surface area contributed by atoms with Gasteiger partial charge in [-0.2, -0.15) is 0 Å². The van der Waals surface area contributed by atoms with Crippen molar-refractivity contribution in [1.29, 1.82) is 0 Å². The first-order valence-electron chi connectivity index (χ1n) is 9.82. The van der Waals surface area contributed by atoms with Crippen LogP contribution in [0.25, 0.3) is 0 Å². The van der Waals surface area contributed by atoms with Crippen molar-refractivity contribution in [1.82, 2.24) is 0 Å². The number of nitrogens with one attached hydrogen (secondary N) is 1. The highest BCUT2D eigenvalue weighted by molar-refractivity contribution is 5.46. The lowest BCUT2D eigenvalue weighted by molar-refractivity contribution is 0.0679. The standard InChI is InChI=1S/C23H31NO3/c1-23(2,3)18-6-10-20(11-7-18)26-16-14-24-19-8-12-21(13-9-19)27-17-22-5-4-15-25-22/h6-13,22,24H,4-5,14-17H2,1-3H3. The van der Waals surface area contributed by atoms with Gasteiger partial charge in [-0.25, -0.2) is 0 Å². The zero-order valence-corrected chi connectivity index (χ0v) is 16.7. The Balaban J connectivity index is 1.36. The molecular formula is C23H31NO3. The van der Waals surface area contributed by atoms with Crippen molar-refractivity contribution in [3.8, 4) is 11.5 Å². The number of rotatable bonds is 8. The maximum absolute atomic E-state index is 5.81. The molecule has 2 aromatic carbocycles. The van der Waals surface area contributed by atoms with Crippen LogP contribution < -0.4 is 14.8 Å². The predicted octanol–water partition coefficient (Wildman–Crippen LogP) is 5.03. The Labute approximate surface area is 162 Å². The third-order valence-electron chi connectivity index (χ3n) is 4.73. The quantitative estimate of drug-likeness (QED) is 0.662. The van der Waals surface area contributed by atoms with Crippen molar-refractivity contribution in [2.24, 2.45) is 0 Å². The summed E-state index contributed by atoms with van der Waals surface area (Å²) >= 11 is 0. The second-order valence-corrected chi connectivity index (χ2v) is 8.02. The highest BCUT2D eigenvalue weighted by Crippen LogP contribution is 2.24. The zero-order valence-electron chi connectivity index (χ0n) is 16.7. The van der Waals surface area contributed by atoms with E-state index in [9.17, 15) is 0 Å². The van der Waals surface area contributed by atoms with Crippen LogP contribution in [-0.2, 0) is 10.2 Å². The van der Waals surface area contributed by atoms with Gasteiger partial charge in [-0.05, 0) is 60.2 Å². The fourth-order valence-electron chi connectivity index (χ4n) is 3.05. The predicted molar refractivity (Wildman–Crippen MR) is 110 cm³/mol. The summed E-state index contributed by atoms with van der Waals surface area (Å²) in [5, 5.41) is 3.37. The third kappa shape index (κ3) is 6.17. The number of hydrogen-bond donors (Lipinski definition) is 1. The molecule has 3 rings (SSSR count). The molecule has 146 valence electrons. The number of anilines is 1. The summed E-state index contributed by atoms with van der Waals surface area (Å²) < 4.78 is 17.2. The van der Waals surface area contributed by atoms with E-state index in [1.165, 1.54) is 5.56 Å². The molecule has 1 saturated heterocycles. The fraction of sp³-hybridized carbons (Fsp3) is 0.478. The van der Waals surface area contributed by atoms with Gasteiger partial charge >= 0.3 is 0 Å². The molecule has 0 aliphatic carbocycles. The summed E-state index contributed by atoms with van der Waals surface area (Å²) in [5.74, 6) is 1.79. The average molecular weight is 370 g/mol. The Morgan fingerprint density at radius 2 is 1.63 bits per heavy atom. The van der Waals surface area contributed by atoms with Crippen LogP contribution in [0.3, 0.4) is 0 Å². The summed E-state index contributed by atoms with van der Waals surface area (Å²) in [6.07, 6.45) is 2.48. The van der Waals surface area contributed by atoms with E-state index in [1.54, 1.807) is 0 Å². The van der Waals surface area contributed by atoms with E-state index in [1.807, 2.05) is 36.4 Å². The minimum Gasteiger partial charge on any atom is -0.492 e. The molecule has 1 unspecified atom stereocenters. The van der Waals surface area contributed by atoms with Crippen molar-refractivity contribution in [3.05, 3.63) is 54.1 Å². The minimum absolute atomic E-state index is 0.167. The van der Waals surface area contributed by atoms with Gasteiger partial charge in [-0.1, -0.05) is 32.9 Å². The molecule has 1 aliphatic heterocycles. The molecule has 1 aliphatic rings. The maximum atomic E-state index is 5.81. The molecule has 27 heavy (non-hydrogen) atoms. The van der Waals surface area contributed by atoms with Crippen molar-refractivity contribution >= 4 is 5.69 Å². The molecule has 0 spiro atoms. The van der Waals surface area contributed by atoms with Crippen molar-refractivity contribution in [2.75, 3.05) is 31.7 Å². The van der Waals surface area contributed by atoms with E-state index in [0.29, 0.717) is 13.2 Å². The summed E-state index contributed by atoms with van der Waals surface area (Å²) in [5.41, 5.74) is 2.54. The monoisotopic (exact) mass is 369 g/mol. The van der Waals surface area contributed by atoms with Crippen molar-refractivity contribution in [3.63, 3.8) is 0 Å². The van der Waals surface area contributed by atoms with Crippen LogP contribution in [0.4, 0.5) is 5.69 Å². The topological polar surface area (TPSA) is 39.7 Å². The molecule has 0 amide bonds. The lowest BCUT2D eigenvalue weighted by Gasteiger charge is -2.19. The average Bonchev–Trinajstić information content (AvgIpc) is 3.18. The van der Waals surface area contributed by atoms with Gasteiger partial charge in [0.1, 0.15) is 24.7 Å². The molecule has 0 aromatic heterocycles. The zero-order chi connectivity index (χ0) is 19.1. The van der Waals surface area contributed by atoms with Crippen LogP contribution in [-0.4, -0.2) is 32.5 Å². The highest BCUT2D eigenvalue weighted by atomic mass is 16.5. The van der Waals surface area contributed by atoms with Crippen LogP contribution in [0.15, 0.2) is 48.5 Å². The summed E-state index contributed by atoms with van der Waals surface area (Å²) in [6.45, 7) is 9.50. The fourth-order valence-corrected chi connectivity index (χ4v) is 3.05. The second-order valence-electron chi connectivity index (χ2n) is 8.02. The first-order chi connectivity index (χ1) is 13.0. The van der Waals surface area contributed by atoms with Gasteiger partial charge in [0.25, 0.3) is 0 Å². The smallest absolute Gasteiger partial charge is 0.119 e. The van der Waals surface area contributed by atoms with Gasteiger partial charge in [0.15, 0.2) is 0 Å². The first-order valence-corrected chi connectivity index (χ1v) is 9.82. The van der Waals surface area contributed by atoms with E-state index in [0.717, 1.165) is 43.2 Å². The minimum atomic E-state index is 0.167. The van der Waals surface area contributed by atoms with Gasteiger partial charge in [0.2, 0.25) is 0 Å². The molecular weight excluding hydrogens is 338 g/mol. The second kappa shape index (κ2) is 9.14. The Morgan fingerprint density at radius 1 is 0.963 bits per heavy atom. The summed E-state index contributed by atoms with van der Waals surface area (Å²) in [7, 11) is 0. The van der Waals surface area contributed by atoms with Gasteiger partial charge in [0.05, 0.1) is 6.10 Å². The Kier molecular flexibility index (Phi) is 6.62. The SMILES string of the molecule is CC(C)(C)c1ccc(OCCNc2ccc(OCC3CCCO3)cc2)cc1. The lowest BCUT2D eigenvalue weighted by Crippen LogP contribution is -2.16. The molecule has 0 bridgehead atoms. The van der Waals surface area contributed by atoms with E-state index in [-0.39, 0.29) is 11.5 Å². The molecule has 1 heterocycles. The maximum Gasteiger partial charge on any atom is 0.119 e. The van der Waals surface area contributed by atoms with Crippen molar-refractivity contribution < 1.29 is 14.2 Å². The molecule has 1 atom stereocenters. The van der Waals surface area contributed by atoms with Crippen LogP contribution in [0.2, 0.25) is 0 Å². The molecule has 0 saturated carbocycles. The molecule has 4 nitrogen and oxygen atoms in total. The van der Waals surface area contributed by atoms with Crippen LogP contribution >= 0.6 is 0 Å². The van der Waals surface area contributed by atoms with Gasteiger partial charge in [0, 0.05) is 18.8 Å². The highest BCUT2D eigenvalue weighted by Gasteiger charge is 2.16. The largest absolute Gasteiger partial charge is 0.492 e. The van der Waals surface area contributed by atoms with Gasteiger partial charge in [-0.15, -0.1) is 0 Å². The Morgan fingerprint density at radius 3 is 2.26 bits per heavy atom. The number of ether oxygens (including phenoxy) is 3. The van der Waals surface area contributed by atoms with E-state index >= 15 is 0 Å². The van der Waals surface area contributed by atoms with E-state index in [2.05, 4.69) is 38.2 Å². The Bertz CT molecular complexity index is 683. The molecule has 1 fully saturated rings.